The minimum Gasteiger partial charge on any atom is -0.479 e. The van der Waals surface area contributed by atoms with Crippen molar-refractivity contribution in [2.75, 3.05) is 0 Å². The molecule has 0 aromatic heterocycles. The van der Waals surface area contributed by atoms with Gasteiger partial charge in [-0.05, 0) is 6.07 Å². The number of benzene rings is 1. The Hall–Kier alpha value is -0.870. The van der Waals surface area contributed by atoms with Gasteiger partial charge in [-0.2, -0.15) is 0 Å². The fourth-order valence-corrected chi connectivity index (χ4v) is 1.33. The summed E-state index contributed by atoms with van der Waals surface area (Å²) in [6, 6.07) is 6.67. The Morgan fingerprint density at radius 1 is 1.42 bits per heavy atom. The number of aliphatic carboxylic acids is 1. The number of carbonyl (C=O) groups is 1. The Morgan fingerprint density at radius 3 is 2.50 bits per heavy atom. The number of aliphatic hydroxyl groups excluding tert-OH is 1. The number of aliphatic hydroxyl groups is 1. The van der Waals surface area contributed by atoms with E-state index in [1.54, 1.807) is 24.3 Å². The van der Waals surface area contributed by atoms with Crippen LogP contribution in [0.1, 0.15) is 11.7 Å². The first-order chi connectivity index (χ1) is 5.63. The molecule has 0 heterocycles. The van der Waals surface area contributed by atoms with Crippen LogP contribution >= 0.6 is 15.9 Å². The smallest absolute Gasteiger partial charge is 0.337 e. The molecule has 0 saturated heterocycles. The monoisotopic (exact) mass is 230 g/mol. The molecule has 0 amide bonds. The van der Waals surface area contributed by atoms with Gasteiger partial charge in [0.05, 0.1) is 0 Å². The maximum atomic E-state index is 10.4. The van der Waals surface area contributed by atoms with Gasteiger partial charge in [0.15, 0.2) is 6.10 Å². The average molecular weight is 231 g/mol. The summed E-state index contributed by atoms with van der Waals surface area (Å²) in [6.45, 7) is 0. The number of carboxylic acids is 1. The van der Waals surface area contributed by atoms with Gasteiger partial charge in [-0.1, -0.05) is 34.1 Å². The highest BCUT2D eigenvalue weighted by molar-refractivity contribution is 9.10. The fraction of sp³-hybridized carbons (Fsp3) is 0.125. The molecule has 2 N–H and O–H groups in total. The molecule has 64 valence electrons. The van der Waals surface area contributed by atoms with E-state index in [9.17, 15) is 4.79 Å². The van der Waals surface area contributed by atoms with Crippen molar-refractivity contribution in [3.8, 4) is 0 Å². The zero-order valence-corrected chi connectivity index (χ0v) is 7.65. The van der Waals surface area contributed by atoms with Crippen LogP contribution in [0.4, 0.5) is 0 Å². The third-order valence-electron chi connectivity index (χ3n) is 1.43. The fourth-order valence-electron chi connectivity index (χ4n) is 0.830. The molecule has 1 aromatic rings. The first kappa shape index (κ1) is 9.22. The lowest BCUT2D eigenvalue weighted by Crippen LogP contribution is -2.10. The number of hydrogen-bond donors (Lipinski definition) is 2. The standard InChI is InChI=1S/C8H7BrO3/c9-6-4-2-1-3-5(6)7(10)8(11)12/h1-4,7,10H,(H,11,12). The second-order valence-electron chi connectivity index (χ2n) is 2.26. The molecule has 0 fully saturated rings. The Kier molecular flexibility index (Phi) is 2.83. The first-order valence-electron chi connectivity index (χ1n) is 3.28. The summed E-state index contributed by atoms with van der Waals surface area (Å²) >= 11 is 3.14. The SMILES string of the molecule is O=C(O)C(O)c1ccccc1Br. The van der Waals surface area contributed by atoms with Crippen molar-refractivity contribution in [1.29, 1.82) is 0 Å². The van der Waals surface area contributed by atoms with E-state index in [1.807, 2.05) is 0 Å². The van der Waals surface area contributed by atoms with Gasteiger partial charge in [-0.25, -0.2) is 4.79 Å². The highest BCUT2D eigenvalue weighted by Gasteiger charge is 2.17. The number of hydrogen-bond acceptors (Lipinski definition) is 2. The molecule has 4 heteroatoms. The van der Waals surface area contributed by atoms with Crippen LogP contribution in [-0.4, -0.2) is 16.2 Å². The molecule has 0 aliphatic rings. The van der Waals surface area contributed by atoms with Crippen LogP contribution in [-0.2, 0) is 4.79 Å². The molecule has 0 saturated carbocycles. The van der Waals surface area contributed by atoms with Crippen molar-refractivity contribution in [2.24, 2.45) is 0 Å². The minimum absolute atomic E-state index is 0.366. The number of carboxylic acid groups (broad SMARTS) is 1. The molecule has 1 unspecified atom stereocenters. The molecule has 1 aromatic carbocycles. The second-order valence-corrected chi connectivity index (χ2v) is 3.12. The van der Waals surface area contributed by atoms with Crippen molar-refractivity contribution < 1.29 is 15.0 Å². The van der Waals surface area contributed by atoms with Crippen molar-refractivity contribution in [1.82, 2.24) is 0 Å². The topological polar surface area (TPSA) is 57.5 Å². The molecule has 0 aliphatic carbocycles. The summed E-state index contributed by atoms with van der Waals surface area (Å²) in [4.78, 5) is 10.4. The molecule has 3 nitrogen and oxygen atoms in total. The summed E-state index contributed by atoms with van der Waals surface area (Å²) < 4.78 is 0.597. The van der Waals surface area contributed by atoms with E-state index >= 15 is 0 Å². The highest BCUT2D eigenvalue weighted by Crippen LogP contribution is 2.22. The van der Waals surface area contributed by atoms with Crippen LogP contribution in [0.5, 0.6) is 0 Å². The van der Waals surface area contributed by atoms with Crippen LogP contribution < -0.4 is 0 Å². The van der Waals surface area contributed by atoms with E-state index in [0.717, 1.165) is 0 Å². The van der Waals surface area contributed by atoms with Crippen molar-refractivity contribution >= 4 is 21.9 Å². The summed E-state index contributed by atoms with van der Waals surface area (Å²) in [5.74, 6) is -1.25. The molecule has 0 aliphatic heterocycles. The molecule has 0 spiro atoms. The molecule has 0 radical (unpaired) electrons. The summed E-state index contributed by atoms with van der Waals surface area (Å²) in [5, 5.41) is 17.6. The second kappa shape index (κ2) is 3.69. The lowest BCUT2D eigenvalue weighted by Gasteiger charge is -2.06. The summed E-state index contributed by atoms with van der Waals surface area (Å²) in [6.07, 6.45) is -1.46. The maximum Gasteiger partial charge on any atom is 0.337 e. The lowest BCUT2D eigenvalue weighted by atomic mass is 10.1. The minimum atomic E-state index is -1.46. The van der Waals surface area contributed by atoms with Gasteiger partial charge >= 0.3 is 5.97 Å². The van der Waals surface area contributed by atoms with Crippen LogP contribution in [0.15, 0.2) is 28.7 Å². The van der Waals surface area contributed by atoms with E-state index < -0.39 is 12.1 Å². The Labute approximate surface area is 77.8 Å². The number of rotatable bonds is 2. The van der Waals surface area contributed by atoms with Gasteiger partial charge in [0.25, 0.3) is 0 Å². The molecule has 1 atom stereocenters. The van der Waals surface area contributed by atoms with E-state index in [4.69, 9.17) is 10.2 Å². The Balaban J connectivity index is 3.02. The average Bonchev–Trinajstić information content (AvgIpc) is 2.04. The van der Waals surface area contributed by atoms with Crippen molar-refractivity contribution in [2.45, 2.75) is 6.10 Å². The quantitative estimate of drug-likeness (QED) is 0.812. The van der Waals surface area contributed by atoms with Gasteiger partial charge < -0.3 is 10.2 Å². The van der Waals surface area contributed by atoms with Gasteiger partial charge in [0, 0.05) is 10.0 Å². The van der Waals surface area contributed by atoms with Crippen LogP contribution in [0.3, 0.4) is 0 Å². The molecule has 12 heavy (non-hydrogen) atoms. The van der Waals surface area contributed by atoms with Gasteiger partial charge in [-0.15, -0.1) is 0 Å². The molecular formula is C8H7BrO3. The van der Waals surface area contributed by atoms with E-state index in [-0.39, 0.29) is 0 Å². The van der Waals surface area contributed by atoms with Gasteiger partial charge in [0.2, 0.25) is 0 Å². The Bertz CT molecular complexity index is 298. The van der Waals surface area contributed by atoms with Crippen LogP contribution in [0, 0.1) is 0 Å². The zero-order valence-electron chi connectivity index (χ0n) is 6.07. The molecule has 1 rings (SSSR count). The van der Waals surface area contributed by atoms with Gasteiger partial charge in [-0.3, -0.25) is 0 Å². The normalized spacial score (nSPS) is 12.5. The van der Waals surface area contributed by atoms with Crippen molar-refractivity contribution in [3.63, 3.8) is 0 Å². The largest absolute Gasteiger partial charge is 0.479 e. The maximum absolute atomic E-state index is 10.4. The molecule has 0 bridgehead atoms. The van der Waals surface area contributed by atoms with E-state index in [0.29, 0.717) is 10.0 Å². The third-order valence-corrected chi connectivity index (χ3v) is 2.16. The zero-order chi connectivity index (χ0) is 9.14. The van der Waals surface area contributed by atoms with Gasteiger partial charge in [0.1, 0.15) is 0 Å². The predicted octanol–water partition coefficient (Wildman–Crippen LogP) is 1.57. The first-order valence-corrected chi connectivity index (χ1v) is 4.07. The summed E-state index contributed by atoms with van der Waals surface area (Å²) in [5.41, 5.74) is 0.366. The molecular weight excluding hydrogens is 224 g/mol. The predicted molar refractivity (Wildman–Crippen MR) is 46.7 cm³/mol. The van der Waals surface area contributed by atoms with E-state index in [1.165, 1.54) is 0 Å². The number of halogens is 1. The van der Waals surface area contributed by atoms with Crippen molar-refractivity contribution in [3.05, 3.63) is 34.3 Å². The Morgan fingerprint density at radius 2 is 2.00 bits per heavy atom. The van der Waals surface area contributed by atoms with E-state index in [2.05, 4.69) is 15.9 Å². The summed E-state index contributed by atoms with van der Waals surface area (Å²) in [7, 11) is 0. The third kappa shape index (κ3) is 1.84. The lowest BCUT2D eigenvalue weighted by molar-refractivity contribution is -0.147. The highest BCUT2D eigenvalue weighted by atomic mass is 79.9. The van der Waals surface area contributed by atoms with Crippen LogP contribution in [0.25, 0.3) is 0 Å². The van der Waals surface area contributed by atoms with Crippen LogP contribution in [0.2, 0.25) is 0 Å².